The van der Waals surface area contributed by atoms with Crippen LogP contribution in [0.5, 0.6) is 0 Å². The summed E-state index contributed by atoms with van der Waals surface area (Å²) >= 11 is 6.18. The highest BCUT2D eigenvalue weighted by atomic mass is 35.5. The van der Waals surface area contributed by atoms with Gasteiger partial charge in [-0.25, -0.2) is 0 Å². The third kappa shape index (κ3) is 1.32. The van der Waals surface area contributed by atoms with E-state index >= 15 is 0 Å². The second-order valence-corrected chi connectivity index (χ2v) is 5.00. The zero-order valence-corrected chi connectivity index (χ0v) is 9.47. The van der Waals surface area contributed by atoms with E-state index in [1.807, 2.05) is 12.1 Å². The summed E-state index contributed by atoms with van der Waals surface area (Å²) in [7, 11) is 0. The maximum Gasteiger partial charge on any atom is 0.0863 e. The molecule has 1 aromatic carbocycles. The van der Waals surface area contributed by atoms with Gasteiger partial charge in [0.1, 0.15) is 0 Å². The lowest BCUT2D eigenvalue weighted by Crippen LogP contribution is -2.39. The number of benzene rings is 1. The molecule has 1 saturated heterocycles. The molecule has 2 nitrogen and oxygen atoms in total. The highest BCUT2D eigenvalue weighted by Gasteiger charge is 2.44. The predicted molar refractivity (Wildman–Crippen MR) is 60.3 cm³/mol. The van der Waals surface area contributed by atoms with Gasteiger partial charge in [0.05, 0.1) is 12.2 Å². The number of hydrogen-bond donors (Lipinski definition) is 1. The minimum Gasteiger partial charge on any atom is -0.369 e. The summed E-state index contributed by atoms with van der Waals surface area (Å²) in [5.74, 6) is 0.444. The zero-order valence-electron chi connectivity index (χ0n) is 8.72. The molecule has 0 bridgehead atoms. The van der Waals surface area contributed by atoms with Crippen LogP contribution >= 0.6 is 11.6 Å². The average Bonchev–Trinajstić information content (AvgIpc) is 2.60. The van der Waals surface area contributed by atoms with Gasteiger partial charge in [-0.3, -0.25) is 0 Å². The van der Waals surface area contributed by atoms with Crippen molar-refractivity contribution in [2.75, 3.05) is 13.1 Å². The molecule has 0 saturated carbocycles. The molecule has 2 aliphatic heterocycles. The average molecular weight is 224 g/mol. The molecule has 2 aliphatic rings. The number of nitrogens with one attached hydrogen (secondary N) is 1. The Balaban J connectivity index is 2.13. The Hall–Kier alpha value is -0.570. The third-order valence-electron chi connectivity index (χ3n) is 3.64. The van der Waals surface area contributed by atoms with Crippen molar-refractivity contribution in [3.05, 3.63) is 34.3 Å². The Kier molecular flexibility index (Phi) is 2.06. The summed E-state index contributed by atoms with van der Waals surface area (Å²) in [6.45, 7) is 4.75. The van der Waals surface area contributed by atoms with Crippen LogP contribution in [-0.2, 0) is 11.3 Å². The molecule has 3 heteroatoms. The van der Waals surface area contributed by atoms with Crippen molar-refractivity contribution < 1.29 is 4.74 Å². The summed E-state index contributed by atoms with van der Waals surface area (Å²) in [4.78, 5) is 0. The largest absolute Gasteiger partial charge is 0.369 e. The van der Waals surface area contributed by atoms with Crippen molar-refractivity contribution in [3.8, 4) is 0 Å². The van der Waals surface area contributed by atoms with E-state index in [2.05, 4.69) is 18.3 Å². The van der Waals surface area contributed by atoms with E-state index in [4.69, 9.17) is 16.3 Å². The van der Waals surface area contributed by atoms with E-state index < -0.39 is 0 Å². The molecule has 15 heavy (non-hydrogen) atoms. The maximum atomic E-state index is 6.18. The molecule has 2 atom stereocenters. The van der Waals surface area contributed by atoms with Gasteiger partial charge < -0.3 is 10.1 Å². The van der Waals surface area contributed by atoms with E-state index in [-0.39, 0.29) is 5.60 Å². The minimum atomic E-state index is -0.0440. The van der Waals surface area contributed by atoms with Crippen LogP contribution in [0.3, 0.4) is 0 Å². The van der Waals surface area contributed by atoms with Crippen molar-refractivity contribution in [2.24, 2.45) is 0 Å². The van der Waals surface area contributed by atoms with Crippen LogP contribution in [0.2, 0.25) is 5.02 Å². The molecule has 3 rings (SSSR count). The van der Waals surface area contributed by atoms with Crippen LogP contribution in [0.4, 0.5) is 0 Å². The maximum absolute atomic E-state index is 6.18. The van der Waals surface area contributed by atoms with Gasteiger partial charge in [-0.2, -0.15) is 0 Å². The summed E-state index contributed by atoms with van der Waals surface area (Å²) in [6.07, 6.45) is 0. The SMILES string of the molecule is CC12CNC[C@H]1c1cccc(Cl)c1CO2. The first-order valence-corrected chi connectivity index (χ1v) is 5.70. The first-order valence-electron chi connectivity index (χ1n) is 5.33. The van der Waals surface area contributed by atoms with Gasteiger partial charge in [-0.1, -0.05) is 23.7 Å². The number of hydrogen-bond acceptors (Lipinski definition) is 2. The van der Waals surface area contributed by atoms with E-state index in [0.29, 0.717) is 12.5 Å². The molecular formula is C12H14ClNO. The van der Waals surface area contributed by atoms with Gasteiger partial charge in [-0.05, 0) is 24.1 Å². The van der Waals surface area contributed by atoms with E-state index in [9.17, 15) is 0 Å². The molecule has 0 amide bonds. The van der Waals surface area contributed by atoms with Gasteiger partial charge in [0.25, 0.3) is 0 Å². The van der Waals surface area contributed by atoms with Crippen molar-refractivity contribution >= 4 is 11.6 Å². The summed E-state index contributed by atoms with van der Waals surface area (Å²) in [5, 5.41) is 4.23. The van der Waals surface area contributed by atoms with E-state index in [0.717, 1.165) is 18.1 Å². The normalized spacial score (nSPS) is 33.6. The van der Waals surface area contributed by atoms with Gasteiger partial charge in [-0.15, -0.1) is 0 Å². The van der Waals surface area contributed by atoms with Crippen LogP contribution in [0.15, 0.2) is 18.2 Å². The van der Waals surface area contributed by atoms with Crippen LogP contribution in [-0.4, -0.2) is 18.7 Å². The van der Waals surface area contributed by atoms with Crippen molar-refractivity contribution in [2.45, 2.75) is 25.0 Å². The fourth-order valence-electron chi connectivity index (χ4n) is 2.69. The van der Waals surface area contributed by atoms with E-state index in [1.165, 1.54) is 11.1 Å². The van der Waals surface area contributed by atoms with Crippen molar-refractivity contribution in [3.63, 3.8) is 0 Å². The van der Waals surface area contributed by atoms with Crippen molar-refractivity contribution in [1.82, 2.24) is 5.32 Å². The molecule has 0 aliphatic carbocycles. The van der Waals surface area contributed by atoms with Crippen LogP contribution in [0.1, 0.15) is 24.0 Å². The number of ether oxygens (including phenoxy) is 1. The first-order chi connectivity index (χ1) is 7.21. The second-order valence-electron chi connectivity index (χ2n) is 4.59. The molecular weight excluding hydrogens is 210 g/mol. The fourth-order valence-corrected chi connectivity index (χ4v) is 2.92. The number of fused-ring (bicyclic) bond motifs is 3. The molecule has 80 valence electrons. The molecule has 1 unspecified atom stereocenters. The lowest BCUT2D eigenvalue weighted by molar-refractivity contribution is -0.0517. The molecule has 2 heterocycles. The lowest BCUT2D eigenvalue weighted by Gasteiger charge is -2.37. The summed E-state index contributed by atoms with van der Waals surface area (Å²) in [5.41, 5.74) is 2.49. The van der Waals surface area contributed by atoms with Gasteiger partial charge >= 0.3 is 0 Å². The van der Waals surface area contributed by atoms with Gasteiger partial charge in [0.15, 0.2) is 0 Å². The Morgan fingerprint density at radius 2 is 2.40 bits per heavy atom. The quantitative estimate of drug-likeness (QED) is 0.729. The summed E-state index contributed by atoms with van der Waals surface area (Å²) < 4.78 is 5.95. The smallest absolute Gasteiger partial charge is 0.0863 e. The van der Waals surface area contributed by atoms with Crippen molar-refractivity contribution in [1.29, 1.82) is 0 Å². The summed E-state index contributed by atoms with van der Waals surface area (Å²) in [6, 6.07) is 6.15. The number of halogens is 1. The highest BCUT2D eigenvalue weighted by Crippen LogP contribution is 2.42. The van der Waals surface area contributed by atoms with Gasteiger partial charge in [0, 0.05) is 24.0 Å². The van der Waals surface area contributed by atoms with Crippen LogP contribution < -0.4 is 5.32 Å². The predicted octanol–water partition coefficient (Wildman–Crippen LogP) is 2.32. The zero-order chi connectivity index (χ0) is 10.5. The van der Waals surface area contributed by atoms with Crippen LogP contribution in [0, 0.1) is 0 Å². The minimum absolute atomic E-state index is 0.0440. The Labute approximate surface area is 94.6 Å². The van der Waals surface area contributed by atoms with Gasteiger partial charge in [0.2, 0.25) is 0 Å². The Bertz CT molecular complexity index is 407. The second kappa shape index (κ2) is 3.21. The molecule has 0 aromatic heterocycles. The molecule has 0 spiro atoms. The molecule has 1 fully saturated rings. The molecule has 0 radical (unpaired) electrons. The molecule has 1 N–H and O–H groups in total. The van der Waals surface area contributed by atoms with Crippen LogP contribution in [0.25, 0.3) is 0 Å². The Morgan fingerprint density at radius 1 is 1.53 bits per heavy atom. The lowest BCUT2D eigenvalue weighted by atomic mass is 9.81. The Morgan fingerprint density at radius 3 is 3.27 bits per heavy atom. The third-order valence-corrected chi connectivity index (χ3v) is 3.99. The molecule has 1 aromatic rings. The standard InChI is InChI=1S/C12H14ClNO/c1-12-7-14-5-10(12)8-3-2-4-11(13)9(8)6-15-12/h2-4,10,14H,5-7H2,1H3/t10-,12?/m0/s1. The highest BCUT2D eigenvalue weighted by molar-refractivity contribution is 6.31. The number of rotatable bonds is 0. The first kappa shape index (κ1) is 9.64. The fraction of sp³-hybridized carbons (Fsp3) is 0.500. The monoisotopic (exact) mass is 223 g/mol. The topological polar surface area (TPSA) is 21.3 Å². The van der Waals surface area contributed by atoms with E-state index in [1.54, 1.807) is 0 Å².